The molecule has 0 unspecified atom stereocenters. The highest BCUT2D eigenvalue weighted by molar-refractivity contribution is 7.13. The number of ether oxygens (including phenoxy) is 1. The first-order valence-electron chi connectivity index (χ1n) is 7.19. The van der Waals surface area contributed by atoms with Crippen LogP contribution in [-0.2, 0) is 6.18 Å². The van der Waals surface area contributed by atoms with Crippen molar-refractivity contribution in [2.75, 3.05) is 10.6 Å². The minimum Gasteiger partial charge on any atom is -0.437 e. The van der Waals surface area contributed by atoms with Crippen LogP contribution in [0.25, 0.3) is 0 Å². The number of aromatic nitrogens is 2. The van der Waals surface area contributed by atoms with Gasteiger partial charge >= 0.3 is 12.2 Å². The van der Waals surface area contributed by atoms with Crippen molar-refractivity contribution < 1.29 is 22.7 Å². The van der Waals surface area contributed by atoms with E-state index in [4.69, 9.17) is 4.74 Å². The molecule has 0 fully saturated rings. The first-order valence-corrected chi connectivity index (χ1v) is 8.07. The molecule has 0 spiro atoms. The first kappa shape index (κ1) is 17.7. The van der Waals surface area contributed by atoms with E-state index in [0.29, 0.717) is 5.13 Å². The van der Waals surface area contributed by atoms with Gasteiger partial charge < -0.3 is 10.1 Å². The highest BCUT2D eigenvalue weighted by Crippen LogP contribution is 2.33. The van der Waals surface area contributed by atoms with Crippen molar-refractivity contribution in [1.29, 1.82) is 0 Å². The molecule has 1 aromatic carbocycles. The zero-order valence-corrected chi connectivity index (χ0v) is 13.8. The molecule has 0 saturated heterocycles. The summed E-state index contributed by atoms with van der Waals surface area (Å²) >= 11 is 1.24. The van der Waals surface area contributed by atoms with Crippen molar-refractivity contribution in [3.8, 4) is 11.6 Å². The number of urea groups is 1. The Labute approximate surface area is 149 Å². The molecule has 2 amide bonds. The third-order valence-corrected chi connectivity index (χ3v) is 3.74. The van der Waals surface area contributed by atoms with E-state index in [0.717, 1.165) is 12.1 Å². The van der Waals surface area contributed by atoms with Crippen molar-refractivity contribution >= 4 is 28.2 Å². The zero-order valence-electron chi connectivity index (χ0n) is 12.9. The van der Waals surface area contributed by atoms with Gasteiger partial charge in [0.05, 0.1) is 5.56 Å². The van der Waals surface area contributed by atoms with E-state index in [1.165, 1.54) is 41.9 Å². The van der Waals surface area contributed by atoms with E-state index < -0.39 is 17.8 Å². The highest BCUT2D eigenvalue weighted by Gasteiger charge is 2.30. The summed E-state index contributed by atoms with van der Waals surface area (Å²) in [4.78, 5) is 19.9. The summed E-state index contributed by atoms with van der Waals surface area (Å²) < 4.78 is 43.8. The molecule has 3 rings (SSSR count). The largest absolute Gasteiger partial charge is 0.437 e. The van der Waals surface area contributed by atoms with Gasteiger partial charge in [0.15, 0.2) is 5.13 Å². The summed E-state index contributed by atoms with van der Waals surface area (Å²) in [5, 5.41) is 7.13. The van der Waals surface area contributed by atoms with Crippen LogP contribution < -0.4 is 15.4 Å². The minimum atomic E-state index is -4.49. The standard InChI is InChI=1S/C16H11F3N4O2S/c17-16(18,19)10-3-1-4-11(9-10)25-13-12(5-2-6-20-13)22-14(24)23-15-21-7-8-26-15/h1-9H,(H2,21,22,23,24). The molecule has 3 aromatic rings. The summed E-state index contributed by atoms with van der Waals surface area (Å²) in [5.41, 5.74) is -0.652. The van der Waals surface area contributed by atoms with Crippen molar-refractivity contribution in [3.05, 3.63) is 59.7 Å². The average Bonchev–Trinajstić information content (AvgIpc) is 3.09. The SMILES string of the molecule is O=C(Nc1nccs1)Nc1cccnc1Oc1cccc(C(F)(F)F)c1. The average molecular weight is 380 g/mol. The van der Waals surface area contributed by atoms with Crippen LogP contribution in [0, 0.1) is 0 Å². The number of nitrogens with one attached hydrogen (secondary N) is 2. The van der Waals surface area contributed by atoms with Crippen LogP contribution in [0.4, 0.5) is 28.8 Å². The van der Waals surface area contributed by atoms with Crippen LogP contribution in [0.2, 0.25) is 0 Å². The van der Waals surface area contributed by atoms with Crippen molar-refractivity contribution in [2.45, 2.75) is 6.18 Å². The number of carbonyl (C=O) groups is 1. The summed E-state index contributed by atoms with van der Waals surface area (Å²) in [6.07, 6.45) is -1.56. The second-order valence-corrected chi connectivity index (χ2v) is 5.79. The molecule has 10 heteroatoms. The molecule has 2 heterocycles. The fraction of sp³-hybridized carbons (Fsp3) is 0.0625. The van der Waals surface area contributed by atoms with Crippen LogP contribution in [0.1, 0.15) is 5.56 Å². The van der Waals surface area contributed by atoms with Gasteiger partial charge in [0.25, 0.3) is 0 Å². The highest BCUT2D eigenvalue weighted by atomic mass is 32.1. The molecule has 0 bridgehead atoms. The third kappa shape index (κ3) is 4.48. The Balaban J connectivity index is 1.76. The van der Waals surface area contributed by atoms with Crippen LogP contribution in [0.15, 0.2) is 54.2 Å². The van der Waals surface area contributed by atoms with Gasteiger partial charge in [-0.25, -0.2) is 14.8 Å². The number of thiazole rings is 1. The Hall–Kier alpha value is -3.14. The normalized spacial score (nSPS) is 11.0. The lowest BCUT2D eigenvalue weighted by molar-refractivity contribution is -0.137. The Kier molecular flexibility index (Phi) is 5.03. The number of anilines is 2. The summed E-state index contributed by atoms with van der Waals surface area (Å²) in [6.45, 7) is 0. The molecule has 0 saturated carbocycles. The third-order valence-electron chi connectivity index (χ3n) is 3.05. The van der Waals surface area contributed by atoms with Gasteiger partial charge in [-0.1, -0.05) is 6.07 Å². The summed E-state index contributed by atoms with van der Waals surface area (Å²) in [6, 6.07) is 6.86. The molecule has 0 aliphatic rings. The molecule has 0 aliphatic carbocycles. The van der Waals surface area contributed by atoms with Gasteiger partial charge in [0.1, 0.15) is 11.4 Å². The lowest BCUT2D eigenvalue weighted by Gasteiger charge is -2.12. The van der Waals surface area contributed by atoms with Crippen LogP contribution in [0.3, 0.4) is 0 Å². The molecule has 26 heavy (non-hydrogen) atoms. The van der Waals surface area contributed by atoms with Crippen molar-refractivity contribution in [3.63, 3.8) is 0 Å². The molecule has 134 valence electrons. The number of benzene rings is 1. The van der Waals surface area contributed by atoms with E-state index >= 15 is 0 Å². The summed E-state index contributed by atoms with van der Waals surface area (Å²) in [5.74, 6) is -0.0944. The number of pyridine rings is 1. The Morgan fingerprint density at radius 3 is 2.65 bits per heavy atom. The predicted molar refractivity (Wildman–Crippen MR) is 90.5 cm³/mol. The van der Waals surface area contributed by atoms with Crippen LogP contribution >= 0.6 is 11.3 Å². The van der Waals surface area contributed by atoms with E-state index in [-0.39, 0.29) is 17.3 Å². The molecule has 2 N–H and O–H groups in total. The van der Waals surface area contributed by atoms with Crippen molar-refractivity contribution in [2.24, 2.45) is 0 Å². The Bertz CT molecular complexity index is 901. The van der Waals surface area contributed by atoms with Gasteiger partial charge in [-0.15, -0.1) is 11.3 Å². The van der Waals surface area contributed by atoms with Crippen molar-refractivity contribution in [1.82, 2.24) is 9.97 Å². The molecular formula is C16H11F3N4O2S. The lowest BCUT2D eigenvalue weighted by atomic mass is 10.2. The van der Waals surface area contributed by atoms with Crippen LogP contribution in [-0.4, -0.2) is 16.0 Å². The monoisotopic (exact) mass is 380 g/mol. The van der Waals surface area contributed by atoms with Gasteiger partial charge in [0.2, 0.25) is 5.88 Å². The summed E-state index contributed by atoms with van der Waals surface area (Å²) in [7, 11) is 0. The van der Waals surface area contributed by atoms with E-state index in [9.17, 15) is 18.0 Å². The molecule has 2 aromatic heterocycles. The first-order chi connectivity index (χ1) is 12.4. The predicted octanol–water partition coefficient (Wildman–Crippen LogP) is 4.99. The zero-order chi connectivity index (χ0) is 18.6. The molecule has 0 aliphatic heterocycles. The molecular weight excluding hydrogens is 369 g/mol. The lowest BCUT2D eigenvalue weighted by Crippen LogP contribution is -2.19. The number of nitrogens with zero attached hydrogens (tertiary/aromatic N) is 2. The fourth-order valence-corrected chi connectivity index (χ4v) is 2.47. The quantitative estimate of drug-likeness (QED) is 0.668. The second-order valence-electron chi connectivity index (χ2n) is 4.90. The second kappa shape index (κ2) is 7.40. The van der Waals surface area contributed by atoms with Gasteiger partial charge in [-0.2, -0.15) is 13.2 Å². The van der Waals surface area contributed by atoms with E-state index in [1.807, 2.05) is 0 Å². The number of amides is 2. The van der Waals surface area contributed by atoms with Gasteiger partial charge in [-0.3, -0.25) is 5.32 Å². The fourth-order valence-electron chi connectivity index (χ4n) is 1.95. The number of hydrogen-bond donors (Lipinski definition) is 2. The maximum atomic E-state index is 12.8. The topological polar surface area (TPSA) is 76.1 Å². The molecule has 0 atom stereocenters. The molecule has 6 nitrogen and oxygen atoms in total. The molecule has 0 radical (unpaired) electrons. The van der Waals surface area contributed by atoms with E-state index in [2.05, 4.69) is 20.6 Å². The maximum absolute atomic E-state index is 12.8. The number of rotatable bonds is 4. The van der Waals surface area contributed by atoms with Gasteiger partial charge in [0, 0.05) is 17.8 Å². The number of carbonyl (C=O) groups excluding carboxylic acids is 1. The number of hydrogen-bond acceptors (Lipinski definition) is 5. The smallest absolute Gasteiger partial charge is 0.416 e. The Morgan fingerprint density at radius 1 is 1.08 bits per heavy atom. The van der Waals surface area contributed by atoms with Crippen LogP contribution in [0.5, 0.6) is 11.6 Å². The minimum absolute atomic E-state index is 0.0406. The number of alkyl halides is 3. The maximum Gasteiger partial charge on any atom is 0.416 e. The van der Waals surface area contributed by atoms with E-state index in [1.54, 1.807) is 11.4 Å². The Morgan fingerprint density at radius 2 is 1.92 bits per heavy atom. The number of halogens is 3. The van der Waals surface area contributed by atoms with Gasteiger partial charge in [-0.05, 0) is 30.3 Å².